The second-order valence-corrected chi connectivity index (χ2v) is 8.33. The number of aliphatic hydroxyl groups is 1. The maximum absolute atomic E-state index is 13.0. The second-order valence-electron chi connectivity index (χ2n) is 8.33. The number of hydrogen-bond donors (Lipinski definition) is 1. The number of carbonyl (C=O) groups excluding carboxylic acids is 2. The predicted molar refractivity (Wildman–Crippen MR) is 120 cm³/mol. The number of Topliss-reactive ketones (excluding diaryl/α,β-unsaturated/α-hetero) is 1. The van der Waals surface area contributed by atoms with Gasteiger partial charge in [-0.1, -0.05) is 26.0 Å². The summed E-state index contributed by atoms with van der Waals surface area (Å²) in [5.41, 5.74) is 1.07. The van der Waals surface area contributed by atoms with Crippen LogP contribution in [0.2, 0.25) is 0 Å². The van der Waals surface area contributed by atoms with Crippen molar-refractivity contribution in [2.45, 2.75) is 19.9 Å². The van der Waals surface area contributed by atoms with Gasteiger partial charge in [0.1, 0.15) is 11.5 Å². The third-order valence-electron chi connectivity index (χ3n) is 5.50. The van der Waals surface area contributed by atoms with E-state index in [1.54, 1.807) is 42.5 Å². The number of aliphatic hydroxyl groups excluding tert-OH is 1. The summed E-state index contributed by atoms with van der Waals surface area (Å²) in [5, 5.41) is 11.1. The predicted octanol–water partition coefficient (Wildman–Crippen LogP) is 3.52. The van der Waals surface area contributed by atoms with Gasteiger partial charge in [0.25, 0.3) is 11.7 Å². The highest BCUT2D eigenvalue weighted by Crippen LogP contribution is 2.41. The third-order valence-corrected chi connectivity index (χ3v) is 5.50. The van der Waals surface area contributed by atoms with E-state index in [4.69, 9.17) is 18.9 Å². The Morgan fingerprint density at radius 2 is 1.85 bits per heavy atom. The number of fused-ring (bicyclic) bond motifs is 1. The minimum Gasteiger partial charge on any atom is -0.507 e. The van der Waals surface area contributed by atoms with Crippen LogP contribution in [0.1, 0.15) is 31.0 Å². The van der Waals surface area contributed by atoms with Gasteiger partial charge >= 0.3 is 0 Å². The first-order valence-electron chi connectivity index (χ1n) is 10.8. The molecular weight excluding hydrogens is 426 g/mol. The molecule has 0 radical (unpaired) electrons. The maximum Gasteiger partial charge on any atom is 0.295 e. The van der Waals surface area contributed by atoms with Crippen LogP contribution < -0.4 is 14.2 Å². The average molecular weight is 453 g/mol. The van der Waals surface area contributed by atoms with Crippen LogP contribution in [0.4, 0.5) is 0 Å². The largest absolute Gasteiger partial charge is 0.507 e. The zero-order chi connectivity index (χ0) is 23.5. The molecular formula is C25H27NO7. The van der Waals surface area contributed by atoms with Crippen LogP contribution in [0, 0.1) is 5.92 Å². The Morgan fingerprint density at radius 3 is 2.55 bits per heavy atom. The SMILES string of the molecule is COCCN1C(=O)C(=O)/C(=C(\O)c2ccc3c(c2)OCO3)C1c1ccc(OCC(C)C)cc1. The minimum atomic E-state index is -0.760. The zero-order valence-electron chi connectivity index (χ0n) is 18.9. The van der Waals surface area contributed by atoms with E-state index in [1.165, 1.54) is 12.0 Å². The van der Waals surface area contributed by atoms with E-state index >= 15 is 0 Å². The summed E-state index contributed by atoms with van der Waals surface area (Å²) >= 11 is 0. The first-order valence-corrected chi connectivity index (χ1v) is 10.8. The van der Waals surface area contributed by atoms with Crippen molar-refractivity contribution in [3.63, 3.8) is 0 Å². The monoisotopic (exact) mass is 453 g/mol. The molecule has 0 aliphatic carbocycles. The summed E-state index contributed by atoms with van der Waals surface area (Å²) in [7, 11) is 1.53. The number of benzene rings is 2. The maximum atomic E-state index is 13.0. The zero-order valence-corrected chi connectivity index (χ0v) is 18.9. The number of hydrogen-bond acceptors (Lipinski definition) is 7. The molecule has 0 aromatic heterocycles. The quantitative estimate of drug-likeness (QED) is 0.371. The number of likely N-dealkylation sites (tertiary alicyclic amines) is 1. The smallest absolute Gasteiger partial charge is 0.295 e. The third kappa shape index (κ3) is 4.52. The normalized spacial score (nSPS) is 18.9. The fraction of sp³-hybridized carbons (Fsp3) is 0.360. The van der Waals surface area contributed by atoms with E-state index < -0.39 is 17.7 Å². The highest BCUT2D eigenvalue weighted by molar-refractivity contribution is 6.46. The van der Waals surface area contributed by atoms with Crippen molar-refractivity contribution in [2.24, 2.45) is 5.92 Å². The molecule has 0 bridgehead atoms. The number of ether oxygens (including phenoxy) is 4. The highest BCUT2D eigenvalue weighted by atomic mass is 16.7. The lowest BCUT2D eigenvalue weighted by Gasteiger charge is -2.25. The molecule has 1 amide bonds. The lowest BCUT2D eigenvalue weighted by atomic mass is 9.95. The molecule has 1 saturated heterocycles. The van der Waals surface area contributed by atoms with Gasteiger partial charge in [-0.25, -0.2) is 0 Å². The van der Waals surface area contributed by atoms with Crippen molar-refractivity contribution in [1.29, 1.82) is 0 Å². The molecule has 8 nitrogen and oxygen atoms in total. The molecule has 2 aliphatic heterocycles. The van der Waals surface area contributed by atoms with E-state index in [1.807, 2.05) is 0 Å². The number of amides is 1. The number of nitrogens with zero attached hydrogens (tertiary/aromatic N) is 1. The van der Waals surface area contributed by atoms with E-state index in [9.17, 15) is 14.7 Å². The molecule has 1 fully saturated rings. The molecule has 4 rings (SSSR count). The van der Waals surface area contributed by atoms with Crippen LogP contribution in [0.25, 0.3) is 5.76 Å². The molecule has 8 heteroatoms. The Kier molecular flexibility index (Phi) is 6.55. The fourth-order valence-electron chi connectivity index (χ4n) is 3.86. The summed E-state index contributed by atoms with van der Waals surface area (Å²) in [6.07, 6.45) is 0. The van der Waals surface area contributed by atoms with Gasteiger partial charge in [0, 0.05) is 19.2 Å². The number of methoxy groups -OCH3 is 1. The van der Waals surface area contributed by atoms with Gasteiger partial charge in [0.05, 0.1) is 24.8 Å². The summed E-state index contributed by atoms with van der Waals surface area (Å²) in [4.78, 5) is 27.3. The van der Waals surface area contributed by atoms with E-state index in [-0.39, 0.29) is 31.3 Å². The molecule has 174 valence electrons. The van der Waals surface area contributed by atoms with Crippen LogP contribution in [0.5, 0.6) is 17.2 Å². The molecule has 0 saturated carbocycles. The first kappa shape index (κ1) is 22.7. The van der Waals surface area contributed by atoms with Gasteiger partial charge in [0.2, 0.25) is 6.79 Å². The lowest BCUT2D eigenvalue weighted by Crippen LogP contribution is -2.32. The highest BCUT2D eigenvalue weighted by Gasteiger charge is 2.46. The van der Waals surface area contributed by atoms with Gasteiger partial charge in [-0.05, 0) is 41.8 Å². The Hall–Kier alpha value is -3.52. The Morgan fingerprint density at radius 1 is 1.12 bits per heavy atom. The topological polar surface area (TPSA) is 94.5 Å². The van der Waals surface area contributed by atoms with Crippen LogP contribution in [-0.4, -0.2) is 55.4 Å². The van der Waals surface area contributed by atoms with Crippen LogP contribution in [-0.2, 0) is 14.3 Å². The summed E-state index contributed by atoms with van der Waals surface area (Å²) in [5.74, 6) is 0.406. The Labute approximate surface area is 192 Å². The molecule has 0 spiro atoms. The molecule has 2 aromatic rings. The van der Waals surface area contributed by atoms with Crippen molar-refractivity contribution < 1.29 is 33.6 Å². The standard InChI is InChI=1S/C25H27NO7/c1-15(2)13-31-18-7-4-16(5-8-18)22-21(24(28)25(29)26(22)10-11-30-3)23(27)17-6-9-19-20(12-17)33-14-32-19/h4-9,12,15,22,27H,10-11,13-14H2,1-3H3/b23-21-. The average Bonchev–Trinajstić information content (AvgIpc) is 3.38. The summed E-state index contributed by atoms with van der Waals surface area (Å²) in [6.45, 7) is 5.25. The molecule has 2 heterocycles. The Balaban J connectivity index is 1.74. The molecule has 1 unspecified atom stereocenters. The lowest BCUT2D eigenvalue weighted by molar-refractivity contribution is -0.140. The van der Waals surface area contributed by atoms with Crippen molar-refractivity contribution >= 4 is 17.4 Å². The van der Waals surface area contributed by atoms with Gasteiger partial charge in [-0.15, -0.1) is 0 Å². The van der Waals surface area contributed by atoms with Crippen LogP contribution in [0.3, 0.4) is 0 Å². The molecule has 33 heavy (non-hydrogen) atoms. The van der Waals surface area contributed by atoms with Gasteiger partial charge in [0.15, 0.2) is 11.5 Å². The first-order chi connectivity index (χ1) is 15.9. The van der Waals surface area contributed by atoms with Crippen molar-refractivity contribution in [3.8, 4) is 17.2 Å². The van der Waals surface area contributed by atoms with Gasteiger partial charge in [-0.3, -0.25) is 9.59 Å². The number of rotatable bonds is 8. The van der Waals surface area contributed by atoms with Crippen molar-refractivity contribution in [2.75, 3.05) is 33.7 Å². The van der Waals surface area contributed by atoms with Crippen molar-refractivity contribution in [3.05, 3.63) is 59.2 Å². The van der Waals surface area contributed by atoms with Gasteiger partial charge in [-0.2, -0.15) is 0 Å². The minimum absolute atomic E-state index is 0.0193. The molecule has 2 aromatic carbocycles. The Bertz CT molecular complexity index is 1070. The van der Waals surface area contributed by atoms with Gasteiger partial charge < -0.3 is 29.0 Å². The fourth-order valence-corrected chi connectivity index (χ4v) is 3.86. The molecule has 2 aliphatic rings. The number of carbonyl (C=O) groups is 2. The van der Waals surface area contributed by atoms with Crippen molar-refractivity contribution in [1.82, 2.24) is 4.90 Å². The summed E-state index contributed by atoms with van der Waals surface area (Å²) in [6, 6.07) is 11.3. The molecule has 1 N–H and O–H groups in total. The van der Waals surface area contributed by atoms with E-state index in [0.717, 1.165) is 0 Å². The molecule has 1 atom stereocenters. The second kappa shape index (κ2) is 9.54. The van der Waals surface area contributed by atoms with E-state index in [2.05, 4.69) is 13.8 Å². The van der Waals surface area contributed by atoms with Crippen LogP contribution in [0.15, 0.2) is 48.0 Å². The van der Waals surface area contributed by atoms with E-state index in [0.29, 0.717) is 40.9 Å². The van der Waals surface area contributed by atoms with Crippen LogP contribution >= 0.6 is 0 Å². The summed E-state index contributed by atoms with van der Waals surface area (Å²) < 4.78 is 21.6. The number of ketones is 1.